The molecule has 2 aromatic rings. The maximum Gasteiger partial charge on any atom is 0.149 e. The lowest BCUT2D eigenvalue weighted by Crippen LogP contribution is -2.00. The molecule has 4 nitrogen and oxygen atoms in total. The molecule has 0 saturated carbocycles. The summed E-state index contributed by atoms with van der Waals surface area (Å²) in [7, 11) is 0. The summed E-state index contributed by atoms with van der Waals surface area (Å²) in [6, 6.07) is 3.70. The van der Waals surface area contributed by atoms with E-state index < -0.39 is 0 Å². The highest BCUT2D eigenvalue weighted by atomic mass is 32.1. The molecule has 0 radical (unpaired) electrons. The zero-order valence-electron chi connectivity index (χ0n) is 10.2. The van der Waals surface area contributed by atoms with Crippen molar-refractivity contribution in [3.05, 3.63) is 23.3 Å². The molecule has 0 bridgehead atoms. The Hall–Kier alpha value is -1.49. The monoisotopic (exact) mass is 248 g/mol. The number of hydrogen-bond donors (Lipinski definition) is 1. The summed E-state index contributed by atoms with van der Waals surface area (Å²) < 4.78 is 0. The zero-order valence-corrected chi connectivity index (χ0v) is 11.0. The number of anilines is 1. The molecule has 1 unspecified atom stereocenters. The lowest BCUT2D eigenvalue weighted by molar-refractivity contribution is 0.529. The Balaban J connectivity index is 2.26. The molecule has 0 aliphatic heterocycles. The summed E-state index contributed by atoms with van der Waals surface area (Å²) >= 11 is 1.63. The van der Waals surface area contributed by atoms with Gasteiger partial charge in [-0.25, -0.2) is 4.98 Å². The van der Waals surface area contributed by atoms with Crippen molar-refractivity contribution in [2.45, 2.75) is 26.7 Å². The average molecular weight is 248 g/mol. The number of hydrogen-bond acceptors (Lipinski definition) is 5. The molecule has 0 aliphatic carbocycles. The molecule has 0 aliphatic rings. The van der Waals surface area contributed by atoms with E-state index in [1.807, 2.05) is 6.07 Å². The molecule has 90 valence electrons. The Labute approximate surface area is 105 Å². The molecule has 0 aromatic carbocycles. The molecule has 2 rings (SSSR count). The van der Waals surface area contributed by atoms with Crippen LogP contribution in [0, 0.1) is 5.92 Å². The number of nitrogens with zero attached hydrogens (tertiary/aromatic N) is 3. The van der Waals surface area contributed by atoms with Crippen LogP contribution in [-0.2, 0) is 0 Å². The van der Waals surface area contributed by atoms with Gasteiger partial charge in [0.25, 0.3) is 0 Å². The molecule has 0 saturated heterocycles. The van der Waals surface area contributed by atoms with Crippen molar-refractivity contribution in [1.29, 1.82) is 0 Å². The molecule has 0 spiro atoms. The SMILES string of the molecule is CC(C)C(C)c1nnc(-c2ccc(N)nc2)s1. The normalized spacial score (nSPS) is 12.9. The van der Waals surface area contributed by atoms with E-state index in [0.29, 0.717) is 17.7 Å². The Kier molecular flexibility index (Phi) is 3.38. The molecular formula is C12H16N4S. The van der Waals surface area contributed by atoms with Gasteiger partial charge in [-0.1, -0.05) is 32.1 Å². The fourth-order valence-electron chi connectivity index (χ4n) is 1.35. The third-order valence-electron chi connectivity index (χ3n) is 2.86. The molecule has 0 amide bonds. The van der Waals surface area contributed by atoms with Gasteiger partial charge in [0.2, 0.25) is 0 Å². The van der Waals surface area contributed by atoms with Crippen molar-refractivity contribution in [1.82, 2.24) is 15.2 Å². The van der Waals surface area contributed by atoms with Gasteiger partial charge in [0.15, 0.2) is 0 Å². The van der Waals surface area contributed by atoms with E-state index in [0.717, 1.165) is 15.6 Å². The van der Waals surface area contributed by atoms with Crippen LogP contribution < -0.4 is 5.73 Å². The van der Waals surface area contributed by atoms with E-state index in [2.05, 4.69) is 36.0 Å². The maximum atomic E-state index is 5.55. The van der Waals surface area contributed by atoms with Crippen LogP contribution in [-0.4, -0.2) is 15.2 Å². The van der Waals surface area contributed by atoms with Crippen molar-refractivity contribution in [2.75, 3.05) is 5.73 Å². The zero-order chi connectivity index (χ0) is 12.4. The van der Waals surface area contributed by atoms with Gasteiger partial charge >= 0.3 is 0 Å². The van der Waals surface area contributed by atoms with Crippen LogP contribution in [0.4, 0.5) is 5.82 Å². The highest BCUT2D eigenvalue weighted by molar-refractivity contribution is 7.14. The van der Waals surface area contributed by atoms with Crippen molar-refractivity contribution in [2.24, 2.45) is 5.92 Å². The van der Waals surface area contributed by atoms with Gasteiger partial charge in [-0.15, -0.1) is 10.2 Å². The molecule has 17 heavy (non-hydrogen) atoms. The summed E-state index contributed by atoms with van der Waals surface area (Å²) in [5.41, 5.74) is 6.53. The summed E-state index contributed by atoms with van der Waals surface area (Å²) in [5, 5.41) is 10.4. The number of pyridine rings is 1. The minimum Gasteiger partial charge on any atom is -0.384 e. The van der Waals surface area contributed by atoms with Gasteiger partial charge in [0, 0.05) is 17.7 Å². The van der Waals surface area contributed by atoms with Gasteiger partial charge in [-0.05, 0) is 18.1 Å². The first-order valence-electron chi connectivity index (χ1n) is 5.63. The first-order chi connectivity index (χ1) is 8.08. The smallest absolute Gasteiger partial charge is 0.149 e. The predicted molar refractivity (Wildman–Crippen MR) is 70.8 cm³/mol. The van der Waals surface area contributed by atoms with Crippen LogP contribution in [0.5, 0.6) is 0 Å². The second kappa shape index (κ2) is 4.79. The van der Waals surface area contributed by atoms with Crippen molar-refractivity contribution >= 4 is 17.2 Å². The van der Waals surface area contributed by atoms with E-state index in [-0.39, 0.29) is 0 Å². The number of aromatic nitrogens is 3. The summed E-state index contributed by atoms with van der Waals surface area (Å²) in [4.78, 5) is 4.06. The summed E-state index contributed by atoms with van der Waals surface area (Å²) in [5.74, 6) is 1.53. The van der Waals surface area contributed by atoms with Crippen LogP contribution in [0.25, 0.3) is 10.6 Å². The lowest BCUT2D eigenvalue weighted by Gasteiger charge is -2.10. The van der Waals surface area contributed by atoms with Gasteiger partial charge < -0.3 is 5.73 Å². The predicted octanol–water partition coefficient (Wildman–Crippen LogP) is 2.94. The molecular weight excluding hydrogens is 232 g/mol. The Morgan fingerprint density at radius 1 is 1.18 bits per heavy atom. The Bertz CT molecular complexity index is 489. The Morgan fingerprint density at radius 2 is 1.94 bits per heavy atom. The quantitative estimate of drug-likeness (QED) is 0.907. The highest BCUT2D eigenvalue weighted by Crippen LogP contribution is 2.30. The maximum absolute atomic E-state index is 5.55. The fourth-order valence-corrected chi connectivity index (χ4v) is 2.41. The topological polar surface area (TPSA) is 64.7 Å². The molecule has 2 heterocycles. The van der Waals surface area contributed by atoms with E-state index >= 15 is 0 Å². The van der Waals surface area contributed by atoms with E-state index in [9.17, 15) is 0 Å². The van der Waals surface area contributed by atoms with Crippen LogP contribution in [0.3, 0.4) is 0 Å². The Morgan fingerprint density at radius 3 is 2.53 bits per heavy atom. The minimum atomic E-state index is 0.433. The van der Waals surface area contributed by atoms with Gasteiger partial charge in [-0.3, -0.25) is 0 Å². The van der Waals surface area contributed by atoms with Gasteiger partial charge in [-0.2, -0.15) is 0 Å². The van der Waals surface area contributed by atoms with Crippen LogP contribution in [0.2, 0.25) is 0 Å². The molecule has 5 heteroatoms. The number of nitrogens with two attached hydrogens (primary N) is 1. The molecule has 2 N–H and O–H groups in total. The van der Waals surface area contributed by atoms with E-state index in [4.69, 9.17) is 5.73 Å². The lowest BCUT2D eigenvalue weighted by atomic mass is 9.99. The fraction of sp³-hybridized carbons (Fsp3) is 0.417. The largest absolute Gasteiger partial charge is 0.384 e. The minimum absolute atomic E-state index is 0.433. The van der Waals surface area contributed by atoms with Crippen molar-refractivity contribution in [3.8, 4) is 10.6 Å². The van der Waals surface area contributed by atoms with Crippen molar-refractivity contribution in [3.63, 3.8) is 0 Å². The third kappa shape index (κ3) is 2.61. The van der Waals surface area contributed by atoms with Gasteiger partial charge in [0.05, 0.1) is 0 Å². The average Bonchev–Trinajstić information content (AvgIpc) is 2.78. The summed E-state index contributed by atoms with van der Waals surface area (Å²) in [6.45, 7) is 6.56. The molecule has 2 aromatic heterocycles. The van der Waals surface area contributed by atoms with E-state index in [1.54, 1.807) is 23.6 Å². The first-order valence-corrected chi connectivity index (χ1v) is 6.45. The number of rotatable bonds is 3. The van der Waals surface area contributed by atoms with Crippen molar-refractivity contribution < 1.29 is 0 Å². The summed E-state index contributed by atoms with van der Waals surface area (Å²) in [6.07, 6.45) is 1.74. The second-order valence-corrected chi connectivity index (χ2v) is 5.46. The van der Waals surface area contributed by atoms with Crippen LogP contribution in [0.15, 0.2) is 18.3 Å². The second-order valence-electron chi connectivity index (χ2n) is 4.45. The van der Waals surface area contributed by atoms with Crippen LogP contribution in [0.1, 0.15) is 31.7 Å². The third-order valence-corrected chi connectivity index (χ3v) is 4.04. The number of nitrogen functional groups attached to an aromatic ring is 1. The first kappa shape index (κ1) is 12.0. The van der Waals surface area contributed by atoms with Gasteiger partial charge in [0.1, 0.15) is 15.8 Å². The standard InChI is InChI=1S/C12H16N4S/c1-7(2)8(3)11-15-16-12(17-11)9-4-5-10(13)14-6-9/h4-8H,1-3H3,(H2,13,14). The molecule has 1 atom stereocenters. The highest BCUT2D eigenvalue weighted by Gasteiger charge is 2.16. The van der Waals surface area contributed by atoms with Crippen LogP contribution >= 0.6 is 11.3 Å². The van der Waals surface area contributed by atoms with E-state index in [1.165, 1.54) is 0 Å². The molecule has 0 fully saturated rings.